The lowest BCUT2D eigenvalue weighted by atomic mass is 9.41. The van der Waals surface area contributed by atoms with Crippen molar-refractivity contribution in [2.45, 2.75) is 203 Å². The van der Waals surface area contributed by atoms with Crippen LogP contribution in [0.4, 0.5) is 0 Å². The van der Waals surface area contributed by atoms with Crippen molar-refractivity contribution in [2.24, 2.45) is 44.8 Å². The van der Waals surface area contributed by atoms with Crippen molar-refractivity contribution < 1.29 is 74.7 Å². The molecule has 328 valence electrons. The largest absolute Gasteiger partial charge is 0.394 e. The van der Waals surface area contributed by atoms with Crippen LogP contribution < -0.4 is 0 Å². The third kappa shape index (κ3) is 5.92. The molecule has 0 radical (unpaired) electrons. The zero-order valence-corrected chi connectivity index (χ0v) is 34.6. The summed E-state index contributed by atoms with van der Waals surface area (Å²) in [6.45, 7) is 13.6. The second kappa shape index (κ2) is 14.0. The lowest BCUT2D eigenvalue weighted by Gasteiger charge is -2.64. The van der Waals surface area contributed by atoms with Gasteiger partial charge in [0.05, 0.1) is 48.8 Å². The molecule has 22 unspecified atom stereocenters. The molecule has 8 fully saturated rings. The first-order valence-corrected chi connectivity index (χ1v) is 21.5. The molecule has 57 heavy (non-hydrogen) atoms. The summed E-state index contributed by atoms with van der Waals surface area (Å²) in [6, 6.07) is 0. The van der Waals surface area contributed by atoms with E-state index in [1.807, 2.05) is 13.8 Å². The monoisotopic (exact) mass is 814 g/mol. The number of hydrogen-bond acceptors (Lipinski definition) is 15. The number of aliphatic hydroxyl groups is 10. The van der Waals surface area contributed by atoms with Crippen molar-refractivity contribution in [3.8, 4) is 0 Å². The molecule has 5 saturated carbocycles. The van der Waals surface area contributed by atoms with Crippen LogP contribution in [0.3, 0.4) is 0 Å². The van der Waals surface area contributed by atoms with Crippen molar-refractivity contribution in [1.29, 1.82) is 0 Å². The molecule has 0 aromatic heterocycles. The van der Waals surface area contributed by atoms with Gasteiger partial charge >= 0.3 is 0 Å². The van der Waals surface area contributed by atoms with Crippen LogP contribution in [0, 0.1) is 44.8 Å². The van der Waals surface area contributed by atoms with Crippen molar-refractivity contribution in [2.75, 3.05) is 13.2 Å². The number of ether oxygens (including phenoxy) is 5. The summed E-state index contributed by atoms with van der Waals surface area (Å²) >= 11 is 0. The molecule has 0 aromatic carbocycles. The smallest absolute Gasteiger partial charge is 0.187 e. The van der Waals surface area contributed by atoms with Crippen LogP contribution in [0.5, 0.6) is 0 Å². The Kier molecular flexibility index (Phi) is 10.5. The Morgan fingerprint density at radius 1 is 0.632 bits per heavy atom. The Bertz CT molecular complexity index is 1510. The topological polar surface area (TPSA) is 248 Å². The third-order valence-corrected chi connectivity index (χ3v) is 18.1. The van der Waals surface area contributed by atoms with E-state index in [1.54, 1.807) is 0 Å². The van der Waals surface area contributed by atoms with Gasteiger partial charge in [-0.05, 0) is 117 Å². The van der Waals surface area contributed by atoms with E-state index in [4.69, 9.17) is 23.7 Å². The molecule has 10 N–H and O–H groups in total. The fourth-order valence-electron chi connectivity index (χ4n) is 15.2. The molecule has 5 aliphatic carbocycles. The molecule has 15 nitrogen and oxygen atoms in total. The lowest BCUT2D eigenvalue weighted by molar-refractivity contribution is -0.334. The summed E-state index contributed by atoms with van der Waals surface area (Å²) < 4.78 is 31.1. The van der Waals surface area contributed by atoms with Gasteiger partial charge in [0.25, 0.3) is 0 Å². The van der Waals surface area contributed by atoms with Crippen molar-refractivity contribution in [3.05, 3.63) is 0 Å². The van der Waals surface area contributed by atoms with Gasteiger partial charge in [0, 0.05) is 5.92 Å². The standard InChI is InChI=1S/C42H70O15/c1-36(2)24(55-34-30(51)28(49)26(47)21(16-43)53-34)9-11-42-18-41(42)13-12-38(5)33(20(46)15-39(38,6)23(41)14-19(45)32(36)42)40(7)10-8-25(56-40)37(3,4)57-35-31(52)29(50)27(48)22(17-44)54-35/h19-35,43-52H,8-18H2,1-7H3. The van der Waals surface area contributed by atoms with Crippen LogP contribution in [0.2, 0.25) is 0 Å². The van der Waals surface area contributed by atoms with Gasteiger partial charge < -0.3 is 74.7 Å². The maximum Gasteiger partial charge on any atom is 0.187 e. The zero-order chi connectivity index (χ0) is 41.6. The van der Waals surface area contributed by atoms with Crippen LogP contribution in [-0.4, -0.2) is 161 Å². The van der Waals surface area contributed by atoms with Crippen LogP contribution in [0.25, 0.3) is 0 Å². The second-order valence-corrected chi connectivity index (χ2v) is 21.5. The SMILES string of the molecule is CC(C)(OC1OC(CO)C(O)C(O)C1O)C1CCC(C)(C2C(O)CC3(C)C4CC(O)C5C(C)(C)C(OC6OC(CO)C(O)C(O)C6O)CCC56CC46CCC23C)O1. The molecular weight excluding hydrogens is 744 g/mol. The van der Waals surface area contributed by atoms with E-state index in [9.17, 15) is 51.1 Å². The average molecular weight is 815 g/mol. The first-order chi connectivity index (χ1) is 26.5. The Hall–Kier alpha value is -0.600. The highest BCUT2D eigenvalue weighted by Gasteiger charge is 2.85. The fourth-order valence-corrected chi connectivity index (χ4v) is 15.2. The Labute approximate surface area is 335 Å². The van der Waals surface area contributed by atoms with Gasteiger partial charge in [0.1, 0.15) is 48.8 Å². The number of aliphatic hydroxyl groups excluding tert-OH is 10. The van der Waals surface area contributed by atoms with Crippen molar-refractivity contribution >= 4 is 0 Å². The van der Waals surface area contributed by atoms with E-state index < -0.39 is 116 Å². The summed E-state index contributed by atoms with van der Waals surface area (Å²) in [5.74, 6) is -0.133. The van der Waals surface area contributed by atoms with E-state index in [2.05, 4.69) is 34.6 Å². The van der Waals surface area contributed by atoms with Gasteiger partial charge in [-0.25, -0.2) is 0 Å². The molecule has 3 heterocycles. The van der Waals surface area contributed by atoms with Crippen LogP contribution >= 0.6 is 0 Å². The lowest BCUT2D eigenvalue weighted by Crippen LogP contribution is -2.64. The number of fused-ring (bicyclic) bond motifs is 2. The Morgan fingerprint density at radius 2 is 1.23 bits per heavy atom. The predicted molar refractivity (Wildman–Crippen MR) is 200 cm³/mol. The third-order valence-electron chi connectivity index (χ3n) is 18.1. The molecular formula is C42H70O15. The highest BCUT2D eigenvalue weighted by Crippen LogP contribution is 2.89. The molecule has 0 bridgehead atoms. The number of rotatable bonds is 8. The molecule has 0 aromatic rings. The zero-order valence-electron chi connectivity index (χ0n) is 34.6. The van der Waals surface area contributed by atoms with Gasteiger partial charge in [-0.1, -0.05) is 27.7 Å². The van der Waals surface area contributed by atoms with E-state index in [-0.39, 0.29) is 39.4 Å². The van der Waals surface area contributed by atoms with Crippen LogP contribution in [0.15, 0.2) is 0 Å². The quantitative estimate of drug-likeness (QED) is 0.146. The minimum absolute atomic E-state index is 0.00759. The first kappa shape index (κ1) is 43.1. The van der Waals surface area contributed by atoms with E-state index in [0.29, 0.717) is 32.1 Å². The van der Waals surface area contributed by atoms with Gasteiger partial charge in [-0.3, -0.25) is 0 Å². The summed E-state index contributed by atoms with van der Waals surface area (Å²) in [4.78, 5) is 0. The van der Waals surface area contributed by atoms with E-state index in [1.165, 1.54) is 0 Å². The van der Waals surface area contributed by atoms with E-state index in [0.717, 1.165) is 25.7 Å². The van der Waals surface area contributed by atoms with Gasteiger partial charge in [-0.2, -0.15) is 0 Å². The molecule has 0 amide bonds. The van der Waals surface area contributed by atoms with Crippen molar-refractivity contribution in [3.63, 3.8) is 0 Å². The minimum Gasteiger partial charge on any atom is -0.394 e. The highest BCUT2D eigenvalue weighted by atomic mass is 16.7. The summed E-state index contributed by atoms with van der Waals surface area (Å²) in [6.07, 6.45) is -9.12. The number of hydrogen-bond donors (Lipinski definition) is 10. The Morgan fingerprint density at radius 3 is 1.84 bits per heavy atom. The summed E-state index contributed by atoms with van der Waals surface area (Å²) in [5, 5.41) is 107. The van der Waals surface area contributed by atoms with Crippen LogP contribution in [-0.2, 0) is 23.7 Å². The molecule has 3 aliphatic heterocycles. The maximum atomic E-state index is 12.3. The average Bonchev–Trinajstić information content (AvgIpc) is 3.50. The second-order valence-electron chi connectivity index (χ2n) is 21.5. The van der Waals surface area contributed by atoms with Gasteiger partial charge in [0.15, 0.2) is 12.6 Å². The molecule has 22 atom stereocenters. The molecule has 3 saturated heterocycles. The van der Waals surface area contributed by atoms with Gasteiger partial charge in [-0.15, -0.1) is 0 Å². The molecule has 15 heteroatoms. The van der Waals surface area contributed by atoms with Gasteiger partial charge in [0.2, 0.25) is 0 Å². The summed E-state index contributed by atoms with van der Waals surface area (Å²) in [7, 11) is 0. The molecule has 8 rings (SSSR count). The minimum atomic E-state index is -1.56. The molecule has 8 aliphatic rings. The molecule has 2 spiro atoms. The van der Waals surface area contributed by atoms with E-state index >= 15 is 0 Å². The first-order valence-electron chi connectivity index (χ1n) is 21.5. The van der Waals surface area contributed by atoms with Crippen molar-refractivity contribution in [1.82, 2.24) is 0 Å². The van der Waals surface area contributed by atoms with Crippen LogP contribution in [0.1, 0.15) is 106 Å². The Balaban J connectivity index is 0.996. The summed E-state index contributed by atoms with van der Waals surface area (Å²) in [5.41, 5.74) is -2.99. The maximum absolute atomic E-state index is 12.3. The normalized spacial score (nSPS) is 58.4. The highest BCUT2D eigenvalue weighted by molar-refractivity contribution is 5.33. The predicted octanol–water partition coefficient (Wildman–Crippen LogP) is 0.0850. The fraction of sp³-hybridized carbons (Fsp3) is 1.00.